The third kappa shape index (κ3) is 2.30. The minimum atomic E-state index is -0.990. The van der Waals surface area contributed by atoms with Gasteiger partial charge in [0.2, 0.25) is 0 Å². The predicted molar refractivity (Wildman–Crippen MR) is 100 cm³/mol. The van der Waals surface area contributed by atoms with Gasteiger partial charge in [-0.2, -0.15) is 0 Å². The summed E-state index contributed by atoms with van der Waals surface area (Å²) in [5, 5.41) is 10.6. The lowest BCUT2D eigenvalue weighted by Gasteiger charge is -2.60. The number of hydrogen-bond donors (Lipinski definition) is 1. The first kappa shape index (κ1) is 18.2. The molecule has 0 radical (unpaired) electrons. The summed E-state index contributed by atoms with van der Waals surface area (Å²) < 4.78 is 0. The van der Waals surface area contributed by atoms with Crippen LogP contribution in [0.4, 0.5) is 0 Å². The first-order chi connectivity index (χ1) is 12.1. The molecular weight excluding hydrogens is 324 g/mol. The summed E-state index contributed by atoms with van der Waals surface area (Å²) in [6.07, 6.45) is 12.4. The van der Waals surface area contributed by atoms with Crippen molar-refractivity contribution < 1.29 is 14.7 Å². The number of rotatable bonds is 1. The normalized spacial score (nSPS) is 53.2. The maximum Gasteiger partial charge on any atom is 0.137 e. The lowest BCUT2D eigenvalue weighted by molar-refractivity contribution is -0.165. The van der Waals surface area contributed by atoms with Gasteiger partial charge in [-0.25, -0.2) is 0 Å². The number of ketones is 2. The Balaban J connectivity index is 1.67. The van der Waals surface area contributed by atoms with Crippen molar-refractivity contribution >= 4 is 11.6 Å². The highest BCUT2D eigenvalue weighted by Gasteiger charge is 2.64. The second-order valence-electron chi connectivity index (χ2n) is 10.3. The Labute approximate surface area is 157 Å². The van der Waals surface area contributed by atoms with E-state index in [1.54, 1.807) is 6.92 Å². The average molecular weight is 357 g/mol. The maximum atomic E-state index is 13.4. The molecule has 0 heterocycles. The van der Waals surface area contributed by atoms with Gasteiger partial charge in [0.05, 0.1) is 0 Å². The van der Waals surface area contributed by atoms with Crippen molar-refractivity contribution in [2.24, 2.45) is 40.4 Å². The molecule has 0 aromatic heterocycles. The van der Waals surface area contributed by atoms with Crippen LogP contribution in [-0.4, -0.2) is 22.3 Å². The van der Waals surface area contributed by atoms with Crippen LogP contribution in [0.2, 0.25) is 0 Å². The molecule has 0 bridgehead atoms. The van der Waals surface area contributed by atoms with Crippen LogP contribution in [0.5, 0.6) is 0 Å². The lowest BCUT2D eigenvalue weighted by atomic mass is 9.43. The number of fused-ring (bicyclic) bond motifs is 5. The standard InChI is InChI=1S/C23H32O3/c1-5-23(26)11-10-21(3)15(12-23)6-7-16-18-9-8-17(14(2)24)22(18,4)13-19(25)20(16)21/h1,15-18,20,26H,6-13H2,2-4H3/t15?,16-,17+,18-,20+,21-,22+,23?/m0/s1. The first-order valence-electron chi connectivity index (χ1n) is 10.4. The summed E-state index contributed by atoms with van der Waals surface area (Å²) in [6.45, 7) is 6.19. The van der Waals surface area contributed by atoms with Gasteiger partial charge in [0, 0.05) is 18.3 Å². The van der Waals surface area contributed by atoms with Gasteiger partial charge in [0.25, 0.3) is 0 Å². The molecule has 0 spiro atoms. The van der Waals surface area contributed by atoms with Crippen molar-refractivity contribution in [3.8, 4) is 12.3 Å². The molecule has 2 unspecified atom stereocenters. The van der Waals surface area contributed by atoms with E-state index in [-0.39, 0.29) is 28.4 Å². The Morgan fingerprint density at radius 2 is 1.88 bits per heavy atom. The zero-order valence-corrected chi connectivity index (χ0v) is 16.4. The molecule has 0 saturated heterocycles. The number of terminal acetylenes is 1. The van der Waals surface area contributed by atoms with Crippen molar-refractivity contribution in [3.05, 3.63) is 0 Å². The fourth-order valence-corrected chi connectivity index (χ4v) is 7.86. The van der Waals surface area contributed by atoms with E-state index < -0.39 is 5.60 Å². The van der Waals surface area contributed by atoms with Crippen LogP contribution in [0, 0.1) is 52.8 Å². The van der Waals surface area contributed by atoms with Crippen molar-refractivity contribution in [2.45, 2.75) is 77.7 Å². The molecule has 1 N–H and O–H groups in total. The number of Topliss-reactive ketones (excluding diaryl/α,β-unsaturated/α-hetero) is 2. The number of hydrogen-bond acceptors (Lipinski definition) is 3. The molecule has 4 fully saturated rings. The molecule has 3 heteroatoms. The van der Waals surface area contributed by atoms with Gasteiger partial charge in [-0.15, -0.1) is 6.42 Å². The van der Waals surface area contributed by atoms with E-state index in [4.69, 9.17) is 6.42 Å². The molecule has 4 rings (SSSR count). The summed E-state index contributed by atoms with van der Waals surface area (Å²) in [4.78, 5) is 25.6. The molecule has 4 aliphatic rings. The van der Waals surface area contributed by atoms with Crippen molar-refractivity contribution in [2.75, 3.05) is 0 Å². The Morgan fingerprint density at radius 1 is 1.15 bits per heavy atom. The van der Waals surface area contributed by atoms with Crippen LogP contribution in [0.3, 0.4) is 0 Å². The predicted octanol–water partition coefficient (Wildman–Crippen LogP) is 3.78. The third-order valence-corrected chi connectivity index (χ3v) is 9.17. The first-order valence-corrected chi connectivity index (χ1v) is 10.4. The van der Waals surface area contributed by atoms with Gasteiger partial charge >= 0.3 is 0 Å². The SMILES string of the molecule is C#CC1(O)CC[C@@]2(C)C(CC[C@H]3[C@@H]4CC[C@H](C(C)=O)[C@@]4(C)CC(=O)[C@@H]32)C1. The summed E-state index contributed by atoms with van der Waals surface area (Å²) in [5.74, 6) is 4.62. The van der Waals surface area contributed by atoms with Crippen LogP contribution in [0.1, 0.15) is 72.1 Å². The fourth-order valence-electron chi connectivity index (χ4n) is 7.86. The van der Waals surface area contributed by atoms with Crippen LogP contribution in [-0.2, 0) is 9.59 Å². The summed E-state index contributed by atoms with van der Waals surface area (Å²) in [7, 11) is 0. The summed E-state index contributed by atoms with van der Waals surface area (Å²) in [5.41, 5.74) is -1.17. The molecule has 4 aliphatic carbocycles. The van der Waals surface area contributed by atoms with Gasteiger partial charge in [-0.05, 0) is 80.5 Å². The van der Waals surface area contributed by atoms with Gasteiger partial charge in [-0.3, -0.25) is 9.59 Å². The summed E-state index contributed by atoms with van der Waals surface area (Å²) >= 11 is 0. The quantitative estimate of drug-likeness (QED) is 0.728. The molecule has 0 aromatic carbocycles. The zero-order valence-electron chi connectivity index (χ0n) is 16.4. The highest BCUT2D eigenvalue weighted by atomic mass is 16.3. The van der Waals surface area contributed by atoms with Gasteiger partial charge in [0.15, 0.2) is 0 Å². The fraction of sp³-hybridized carbons (Fsp3) is 0.826. The topological polar surface area (TPSA) is 54.4 Å². The monoisotopic (exact) mass is 356 g/mol. The van der Waals surface area contributed by atoms with Crippen LogP contribution in [0.25, 0.3) is 0 Å². The third-order valence-electron chi connectivity index (χ3n) is 9.17. The van der Waals surface area contributed by atoms with E-state index in [2.05, 4.69) is 19.8 Å². The Hall–Kier alpha value is -1.14. The van der Waals surface area contributed by atoms with Crippen LogP contribution in [0.15, 0.2) is 0 Å². The second-order valence-corrected chi connectivity index (χ2v) is 10.3. The molecule has 8 atom stereocenters. The minimum absolute atomic E-state index is 0.0429. The number of aliphatic hydroxyl groups is 1. The highest BCUT2D eigenvalue weighted by molar-refractivity contribution is 5.87. The minimum Gasteiger partial charge on any atom is -0.378 e. The zero-order chi connectivity index (χ0) is 18.9. The van der Waals surface area contributed by atoms with Crippen molar-refractivity contribution in [3.63, 3.8) is 0 Å². The van der Waals surface area contributed by atoms with Gasteiger partial charge < -0.3 is 5.11 Å². The molecular formula is C23H32O3. The largest absolute Gasteiger partial charge is 0.378 e. The summed E-state index contributed by atoms with van der Waals surface area (Å²) in [6, 6.07) is 0. The Bertz CT molecular complexity index is 690. The number of carbonyl (C=O) groups excluding carboxylic acids is 2. The van der Waals surface area contributed by atoms with E-state index in [0.717, 1.165) is 32.1 Å². The van der Waals surface area contributed by atoms with E-state index in [1.165, 1.54) is 0 Å². The molecule has 26 heavy (non-hydrogen) atoms. The maximum absolute atomic E-state index is 13.4. The average Bonchev–Trinajstić information content (AvgIpc) is 2.92. The molecule has 3 nitrogen and oxygen atoms in total. The molecule has 0 aromatic rings. The van der Waals surface area contributed by atoms with E-state index in [1.807, 2.05) is 0 Å². The number of carbonyl (C=O) groups is 2. The highest BCUT2D eigenvalue weighted by Crippen LogP contribution is 2.67. The van der Waals surface area contributed by atoms with Crippen LogP contribution >= 0.6 is 0 Å². The Morgan fingerprint density at radius 3 is 2.54 bits per heavy atom. The van der Waals surface area contributed by atoms with Gasteiger partial charge in [0.1, 0.15) is 17.2 Å². The van der Waals surface area contributed by atoms with Crippen molar-refractivity contribution in [1.82, 2.24) is 0 Å². The molecule has 0 amide bonds. The van der Waals surface area contributed by atoms with Crippen molar-refractivity contribution in [1.29, 1.82) is 0 Å². The smallest absolute Gasteiger partial charge is 0.137 e. The molecule has 4 saturated carbocycles. The van der Waals surface area contributed by atoms with E-state index in [9.17, 15) is 14.7 Å². The second kappa shape index (κ2) is 5.68. The van der Waals surface area contributed by atoms with E-state index >= 15 is 0 Å². The molecule has 0 aliphatic heterocycles. The van der Waals surface area contributed by atoms with E-state index in [0.29, 0.717) is 42.8 Å². The Kier molecular flexibility index (Phi) is 3.98. The van der Waals surface area contributed by atoms with Crippen LogP contribution < -0.4 is 0 Å². The lowest BCUT2D eigenvalue weighted by Crippen LogP contribution is -2.59. The molecule has 142 valence electrons. The van der Waals surface area contributed by atoms with Gasteiger partial charge in [-0.1, -0.05) is 19.8 Å².